The molecule has 3 aromatic heterocycles. The molecule has 0 unspecified atom stereocenters. The molecule has 0 atom stereocenters. The lowest BCUT2D eigenvalue weighted by Crippen LogP contribution is -1.98. The van der Waals surface area contributed by atoms with Gasteiger partial charge in [0.1, 0.15) is 12.0 Å². The molecule has 0 bridgehead atoms. The summed E-state index contributed by atoms with van der Waals surface area (Å²) in [5.74, 6) is 0. The summed E-state index contributed by atoms with van der Waals surface area (Å²) >= 11 is 0. The molecule has 2 aromatic carbocycles. The Labute approximate surface area is 150 Å². The normalized spacial score (nSPS) is 11.4. The molecule has 5 rings (SSSR count). The molecule has 126 valence electrons. The molecule has 3 heterocycles. The number of nitrogens with one attached hydrogen (secondary N) is 1. The van der Waals surface area contributed by atoms with Crippen molar-refractivity contribution in [1.82, 2.24) is 19.5 Å². The van der Waals surface area contributed by atoms with Crippen LogP contribution in [0, 0.1) is 0 Å². The molecule has 0 amide bonds. The second kappa shape index (κ2) is 5.82. The molecule has 0 aliphatic heterocycles. The van der Waals surface area contributed by atoms with E-state index in [1.54, 1.807) is 0 Å². The molecular weight excluding hydrogens is 322 g/mol. The Hall–Kier alpha value is -3.44. The average molecular weight is 339 g/mol. The van der Waals surface area contributed by atoms with Gasteiger partial charge in [-0.1, -0.05) is 18.2 Å². The van der Waals surface area contributed by atoms with E-state index in [2.05, 4.69) is 55.9 Å². The van der Waals surface area contributed by atoms with Crippen LogP contribution < -0.4 is 5.73 Å². The average Bonchev–Trinajstić information content (AvgIpc) is 3.34. The Bertz CT molecular complexity index is 1230. The molecule has 26 heavy (non-hydrogen) atoms. The summed E-state index contributed by atoms with van der Waals surface area (Å²) in [6, 6.07) is 18.7. The molecule has 0 saturated carbocycles. The van der Waals surface area contributed by atoms with E-state index in [9.17, 15) is 0 Å². The maximum Gasteiger partial charge on any atom is 0.137 e. The molecule has 0 fully saturated rings. The summed E-state index contributed by atoms with van der Waals surface area (Å²) < 4.78 is 2.10. The number of H-pyrrole nitrogens is 1. The van der Waals surface area contributed by atoms with E-state index in [1.807, 2.05) is 36.9 Å². The number of fused-ring (bicyclic) bond motifs is 2. The topological polar surface area (TPSA) is 72.5 Å². The molecule has 0 radical (unpaired) electrons. The number of imidazole rings is 1. The van der Waals surface area contributed by atoms with Crippen LogP contribution in [0.2, 0.25) is 0 Å². The number of benzene rings is 2. The second-order valence-corrected chi connectivity index (χ2v) is 6.29. The number of nitrogens with two attached hydrogens (primary N) is 1. The number of rotatable bonds is 3. The molecule has 5 aromatic rings. The molecule has 5 heteroatoms. The first-order chi connectivity index (χ1) is 12.8. The number of aromatic amines is 1. The minimum Gasteiger partial charge on any atom is -0.346 e. The first kappa shape index (κ1) is 14.9. The summed E-state index contributed by atoms with van der Waals surface area (Å²) in [7, 11) is 0. The second-order valence-electron chi connectivity index (χ2n) is 6.29. The number of nitrogens with zero attached hydrogens (tertiary/aromatic N) is 3. The van der Waals surface area contributed by atoms with Gasteiger partial charge >= 0.3 is 0 Å². The van der Waals surface area contributed by atoms with E-state index in [-0.39, 0.29) is 0 Å². The zero-order valence-electron chi connectivity index (χ0n) is 14.1. The van der Waals surface area contributed by atoms with E-state index < -0.39 is 0 Å². The van der Waals surface area contributed by atoms with Crippen LogP contribution in [0.15, 0.2) is 73.3 Å². The van der Waals surface area contributed by atoms with Crippen molar-refractivity contribution < 1.29 is 0 Å². The third kappa shape index (κ3) is 2.29. The van der Waals surface area contributed by atoms with Gasteiger partial charge in [0.2, 0.25) is 0 Å². The largest absolute Gasteiger partial charge is 0.346 e. The highest BCUT2D eigenvalue weighted by atomic mass is 15.0. The number of hydrogen-bond donors (Lipinski definition) is 2. The van der Waals surface area contributed by atoms with E-state index in [4.69, 9.17) is 5.73 Å². The predicted molar refractivity (Wildman–Crippen MR) is 104 cm³/mol. The number of aromatic nitrogens is 4. The molecule has 0 aliphatic rings. The van der Waals surface area contributed by atoms with Crippen LogP contribution >= 0.6 is 0 Å². The lowest BCUT2D eigenvalue weighted by atomic mass is 10.0. The zero-order valence-corrected chi connectivity index (χ0v) is 14.1. The zero-order chi connectivity index (χ0) is 17.5. The first-order valence-corrected chi connectivity index (χ1v) is 8.52. The minimum atomic E-state index is 0.522. The van der Waals surface area contributed by atoms with E-state index >= 15 is 0 Å². The maximum atomic E-state index is 5.79. The van der Waals surface area contributed by atoms with E-state index in [0.29, 0.717) is 6.54 Å². The van der Waals surface area contributed by atoms with Crippen LogP contribution in [0.25, 0.3) is 38.9 Å². The quantitative estimate of drug-likeness (QED) is 0.521. The fourth-order valence-corrected chi connectivity index (χ4v) is 3.43. The van der Waals surface area contributed by atoms with E-state index in [1.165, 1.54) is 0 Å². The fourth-order valence-electron chi connectivity index (χ4n) is 3.43. The van der Waals surface area contributed by atoms with Gasteiger partial charge in [0.15, 0.2) is 0 Å². The molecule has 0 spiro atoms. The summed E-state index contributed by atoms with van der Waals surface area (Å²) in [5, 5.41) is 1.11. The highest BCUT2D eigenvalue weighted by Crippen LogP contribution is 2.30. The van der Waals surface area contributed by atoms with Crippen molar-refractivity contribution in [2.24, 2.45) is 5.73 Å². The molecule has 3 N–H and O–H groups in total. The van der Waals surface area contributed by atoms with Crippen molar-refractivity contribution in [2.45, 2.75) is 6.54 Å². The Morgan fingerprint density at radius 1 is 1.00 bits per heavy atom. The van der Waals surface area contributed by atoms with Crippen molar-refractivity contribution in [1.29, 1.82) is 0 Å². The lowest BCUT2D eigenvalue weighted by Gasteiger charge is -2.08. The molecule has 0 saturated heterocycles. The SMILES string of the molecule is NCc1cccc(-n2cnc3ccc(-c4ccnc5[nH]ccc45)cc32)c1. The van der Waals surface area contributed by atoms with Crippen LogP contribution in [0.4, 0.5) is 0 Å². The van der Waals surface area contributed by atoms with Crippen LogP contribution in [0.5, 0.6) is 0 Å². The van der Waals surface area contributed by atoms with Crippen molar-refractivity contribution >= 4 is 22.1 Å². The summed E-state index contributed by atoms with van der Waals surface area (Å²) in [4.78, 5) is 12.1. The lowest BCUT2D eigenvalue weighted by molar-refractivity contribution is 1.04. The Kier molecular flexibility index (Phi) is 3.33. The molecule has 5 nitrogen and oxygen atoms in total. The van der Waals surface area contributed by atoms with Crippen LogP contribution in [0.1, 0.15) is 5.56 Å². The Morgan fingerprint density at radius 2 is 1.96 bits per heavy atom. The van der Waals surface area contributed by atoms with E-state index in [0.717, 1.165) is 44.4 Å². The number of pyridine rings is 1. The smallest absolute Gasteiger partial charge is 0.137 e. The van der Waals surface area contributed by atoms with Crippen LogP contribution in [-0.2, 0) is 6.54 Å². The van der Waals surface area contributed by atoms with Gasteiger partial charge in [0.05, 0.1) is 11.0 Å². The monoisotopic (exact) mass is 339 g/mol. The third-order valence-corrected chi connectivity index (χ3v) is 4.74. The van der Waals surface area contributed by atoms with Crippen molar-refractivity contribution in [3.63, 3.8) is 0 Å². The first-order valence-electron chi connectivity index (χ1n) is 8.52. The fraction of sp³-hybridized carbons (Fsp3) is 0.0476. The predicted octanol–water partition coefficient (Wildman–Crippen LogP) is 4.03. The van der Waals surface area contributed by atoms with Crippen molar-refractivity contribution in [3.8, 4) is 16.8 Å². The molecule has 0 aliphatic carbocycles. The van der Waals surface area contributed by atoms with Crippen molar-refractivity contribution in [2.75, 3.05) is 0 Å². The van der Waals surface area contributed by atoms with Gasteiger partial charge in [-0.3, -0.25) is 4.57 Å². The highest BCUT2D eigenvalue weighted by Gasteiger charge is 2.10. The summed E-state index contributed by atoms with van der Waals surface area (Å²) in [5.41, 5.74) is 13.2. The molecular formula is C21H17N5. The van der Waals surface area contributed by atoms with Gasteiger partial charge in [-0.05, 0) is 53.1 Å². The van der Waals surface area contributed by atoms with Gasteiger partial charge in [-0.25, -0.2) is 9.97 Å². The van der Waals surface area contributed by atoms with Crippen LogP contribution in [-0.4, -0.2) is 19.5 Å². The van der Waals surface area contributed by atoms with Gasteiger partial charge in [-0.15, -0.1) is 0 Å². The van der Waals surface area contributed by atoms with Gasteiger partial charge in [-0.2, -0.15) is 0 Å². The Morgan fingerprint density at radius 3 is 2.88 bits per heavy atom. The standard InChI is InChI=1S/C21H17N5/c22-12-14-2-1-3-16(10-14)26-13-25-19-5-4-15(11-20(19)26)17-6-8-23-21-18(17)7-9-24-21/h1-11,13H,12,22H2,(H,23,24). The van der Waals surface area contributed by atoms with Crippen LogP contribution in [0.3, 0.4) is 0 Å². The summed E-state index contributed by atoms with van der Waals surface area (Å²) in [6.07, 6.45) is 5.62. The van der Waals surface area contributed by atoms with Crippen molar-refractivity contribution in [3.05, 3.63) is 78.9 Å². The minimum absolute atomic E-state index is 0.522. The highest BCUT2D eigenvalue weighted by molar-refractivity contribution is 5.95. The third-order valence-electron chi connectivity index (χ3n) is 4.74. The maximum absolute atomic E-state index is 5.79. The van der Waals surface area contributed by atoms with Gasteiger partial charge in [0, 0.05) is 30.0 Å². The van der Waals surface area contributed by atoms with Gasteiger partial charge < -0.3 is 10.7 Å². The summed E-state index contributed by atoms with van der Waals surface area (Å²) in [6.45, 7) is 0.522. The van der Waals surface area contributed by atoms with Gasteiger partial charge in [0.25, 0.3) is 0 Å². The Balaban J connectivity index is 1.71. The number of hydrogen-bond acceptors (Lipinski definition) is 3.